The smallest absolute Gasteiger partial charge is 0.0519 e. The fourth-order valence-corrected chi connectivity index (χ4v) is 1.58. The predicted octanol–water partition coefficient (Wildman–Crippen LogP) is 1.27. The number of aromatic amines is 1. The molecule has 0 fully saturated rings. The number of H-pyrrole nitrogens is 1. The van der Waals surface area contributed by atoms with Crippen molar-refractivity contribution in [1.82, 2.24) is 20.4 Å². The van der Waals surface area contributed by atoms with E-state index in [1.807, 2.05) is 12.4 Å². The molecule has 1 atom stereocenters. The van der Waals surface area contributed by atoms with Crippen LogP contribution >= 0.6 is 0 Å². The van der Waals surface area contributed by atoms with Crippen molar-refractivity contribution in [2.75, 3.05) is 20.1 Å². The average Bonchev–Trinajstić information content (AvgIpc) is 2.70. The molecule has 92 valence electrons. The summed E-state index contributed by atoms with van der Waals surface area (Å²) in [6.45, 7) is 8.76. The van der Waals surface area contributed by atoms with Crippen LogP contribution in [0, 0.1) is 0 Å². The summed E-state index contributed by atoms with van der Waals surface area (Å²) in [5.74, 6) is 0. The lowest BCUT2D eigenvalue weighted by molar-refractivity contribution is 0.247. The summed E-state index contributed by atoms with van der Waals surface area (Å²) < 4.78 is 0. The molecule has 0 saturated heterocycles. The number of hydrogen-bond acceptors (Lipinski definition) is 3. The summed E-state index contributed by atoms with van der Waals surface area (Å²) in [6, 6.07) is 1.14. The van der Waals surface area contributed by atoms with E-state index in [2.05, 4.69) is 48.2 Å². The van der Waals surface area contributed by atoms with Gasteiger partial charge in [0.2, 0.25) is 0 Å². The molecule has 4 heteroatoms. The Morgan fingerprint density at radius 2 is 2.19 bits per heavy atom. The van der Waals surface area contributed by atoms with E-state index in [1.165, 1.54) is 5.56 Å². The molecule has 1 unspecified atom stereocenters. The molecule has 0 saturated carbocycles. The van der Waals surface area contributed by atoms with Crippen LogP contribution < -0.4 is 5.32 Å². The van der Waals surface area contributed by atoms with Gasteiger partial charge in [-0.25, -0.2) is 0 Å². The van der Waals surface area contributed by atoms with Crippen LogP contribution in [-0.4, -0.2) is 47.3 Å². The van der Waals surface area contributed by atoms with Gasteiger partial charge < -0.3 is 10.2 Å². The lowest BCUT2D eigenvalue weighted by atomic mass is 10.2. The molecule has 0 radical (unpaired) electrons. The van der Waals surface area contributed by atoms with E-state index in [9.17, 15) is 0 Å². The van der Waals surface area contributed by atoms with E-state index < -0.39 is 0 Å². The molecule has 2 N–H and O–H groups in total. The van der Waals surface area contributed by atoms with E-state index >= 15 is 0 Å². The first-order valence-corrected chi connectivity index (χ1v) is 6.01. The highest BCUT2D eigenvalue weighted by molar-refractivity contribution is 5.02. The Bertz CT molecular complexity index is 269. The van der Waals surface area contributed by atoms with Crippen molar-refractivity contribution >= 4 is 0 Å². The molecule has 0 aliphatic rings. The van der Waals surface area contributed by atoms with E-state index in [1.54, 1.807) is 0 Å². The normalized spacial score (nSPS) is 13.6. The van der Waals surface area contributed by atoms with Crippen molar-refractivity contribution in [3.8, 4) is 0 Å². The monoisotopic (exact) mass is 224 g/mol. The molecule has 1 aromatic heterocycles. The van der Waals surface area contributed by atoms with Crippen LogP contribution in [0.5, 0.6) is 0 Å². The maximum absolute atomic E-state index is 3.93. The van der Waals surface area contributed by atoms with Crippen LogP contribution in [-0.2, 0) is 6.42 Å². The third-order valence-corrected chi connectivity index (χ3v) is 2.90. The lowest BCUT2D eigenvalue weighted by Crippen LogP contribution is -2.40. The molecular formula is C12H24N4. The van der Waals surface area contributed by atoms with Crippen molar-refractivity contribution in [2.24, 2.45) is 0 Å². The first-order chi connectivity index (χ1) is 7.59. The van der Waals surface area contributed by atoms with Gasteiger partial charge in [-0.2, -0.15) is 5.10 Å². The molecule has 0 amide bonds. The van der Waals surface area contributed by atoms with Crippen LogP contribution in [0.1, 0.15) is 26.3 Å². The summed E-state index contributed by atoms with van der Waals surface area (Å²) in [5, 5.41) is 10.3. The maximum Gasteiger partial charge on any atom is 0.0519 e. The summed E-state index contributed by atoms with van der Waals surface area (Å²) in [5.41, 5.74) is 1.26. The highest BCUT2D eigenvalue weighted by Gasteiger charge is 2.08. The molecule has 1 aromatic rings. The topological polar surface area (TPSA) is 44.0 Å². The highest BCUT2D eigenvalue weighted by Crippen LogP contribution is 1.97. The van der Waals surface area contributed by atoms with E-state index in [-0.39, 0.29) is 0 Å². The van der Waals surface area contributed by atoms with Crippen LogP contribution in [0.3, 0.4) is 0 Å². The Kier molecular flexibility index (Phi) is 5.49. The van der Waals surface area contributed by atoms with Crippen LogP contribution in [0.4, 0.5) is 0 Å². The zero-order valence-corrected chi connectivity index (χ0v) is 10.8. The van der Waals surface area contributed by atoms with Crippen LogP contribution in [0.15, 0.2) is 12.4 Å². The fraction of sp³-hybridized carbons (Fsp3) is 0.750. The zero-order chi connectivity index (χ0) is 12.0. The second-order valence-electron chi connectivity index (χ2n) is 4.75. The minimum atomic E-state index is 0.527. The molecule has 4 nitrogen and oxygen atoms in total. The van der Waals surface area contributed by atoms with Gasteiger partial charge in [0, 0.05) is 24.8 Å². The zero-order valence-electron chi connectivity index (χ0n) is 10.8. The van der Waals surface area contributed by atoms with Gasteiger partial charge in [-0.3, -0.25) is 5.10 Å². The van der Waals surface area contributed by atoms with Crippen molar-refractivity contribution in [3.63, 3.8) is 0 Å². The van der Waals surface area contributed by atoms with E-state index in [4.69, 9.17) is 0 Å². The summed E-state index contributed by atoms with van der Waals surface area (Å²) >= 11 is 0. The average molecular weight is 224 g/mol. The molecule has 0 spiro atoms. The van der Waals surface area contributed by atoms with E-state index in [0.717, 1.165) is 19.5 Å². The lowest BCUT2D eigenvalue weighted by Gasteiger charge is -2.25. The molecule has 0 aliphatic heterocycles. The second-order valence-corrected chi connectivity index (χ2v) is 4.75. The van der Waals surface area contributed by atoms with Gasteiger partial charge in [-0.05, 0) is 46.3 Å². The molecule has 16 heavy (non-hydrogen) atoms. The first kappa shape index (κ1) is 13.2. The molecule has 1 rings (SSSR count). The Balaban J connectivity index is 2.13. The number of rotatable bonds is 7. The molecule has 0 aliphatic carbocycles. The number of likely N-dealkylation sites (N-methyl/N-ethyl adjacent to an activating group) is 1. The molecular weight excluding hydrogens is 200 g/mol. The first-order valence-electron chi connectivity index (χ1n) is 6.01. The van der Waals surface area contributed by atoms with Gasteiger partial charge in [0.15, 0.2) is 0 Å². The molecule has 0 bridgehead atoms. The summed E-state index contributed by atoms with van der Waals surface area (Å²) in [6.07, 6.45) is 4.87. The summed E-state index contributed by atoms with van der Waals surface area (Å²) in [7, 11) is 2.17. The third kappa shape index (κ3) is 4.77. The predicted molar refractivity (Wildman–Crippen MR) is 67.5 cm³/mol. The van der Waals surface area contributed by atoms with Crippen molar-refractivity contribution < 1.29 is 0 Å². The third-order valence-electron chi connectivity index (χ3n) is 2.90. The van der Waals surface area contributed by atoms with Crippen molar-refractivity contribution in [1.29, 1.82) is 0 Å². The van der Waals surface area contributed by atoms with Gasteiger partial charge in [-0.15, -0.1) is 0 Å². The Labute approximate surface area is 98.4 Å². The number of hydrogen-bond donors (Lipinski definition) is 2. The van der Waals surface area contributed by atoms with Gasteiger partial charge in [0.1, 0.15) is 0 Å². The second kappa shape index (κ2) is 6.66. The van der Waals surface area contributed by atoms with Crippen LogP contribution in [0.25, 0.3) is 0 Å². The summed E-state index contributed by atoms with van der Waals surface area (Å²) in [4.78, 5) is 2.36. The quantitative estimate of drug-likeness (QED) is 0.733. The van der Waals surface area contributed by atoms with E-state index in [0.29, 0.717) is 12.1 Å². The van der Waals surface area contributed by atoms with Gasteiger partial charge >= 0.3 is 0 Å². The Hall–Kier alpha value is -0.870. The van der Waals surface area contributed by atoms with Gasteiger partial charge in [0.05, 0.1) is 6.20 Å². The Morgan fingerprint density at radius 1 is 1.44 bits per heavy atom. The van der Waals surface area contributed by atoms with Crippen molar-refractivity contribution in [2.45, 2.75) is 39.3 Å². The van der Waals surface area contributed by atoms with Crippen molar-refractivity contribution in [3.05, 3.63) is 18.0 Å². The van der Waals surface area contributed by atoms with Gasteiger partial charge in [0.25, 0.3) is 0 Å². The fourth-order valence-electron chi connectivity index (χ4n) is 1.58. The largest absolute Gasteiger partial charge is 0.313 e. The maximum atomic E-state index is 3.93. The van der Waals surface area contributed by atoms with Crippen LogP contribution in [0.2, 0.25) is 0 Å². The number of nitrogens with one attached hydrogen (secondary N) is 2. The SMILES string of the molecule is CC(CN(C)C(C)C)NCCc1cn[nH]c1. The molecule has 0 aromatic carbocycles. The highest BCUT2D eigenvalue weighted by atomic mass is 15.1. The Morgan fingerprint density at radius 3 is 2.75 bits per heavy atom. The van der Waals surface area contributed by atoms with Gasteiger partial charge in [-0.1, -0.05) is 0 Å². The molecule has 1 heterocycles. The minimum absolute atomic E-state index is 0.527. The standard InChI is InChI=1S/C12H24N4/c1-10(2)16(4)9-11(3)13-6-5-12-7-14-15-8-12/h7-8,10-11,13H,5-6,9H2,1-4H3,(H,14,15). The number of nitrogens with zero attached hydrogens (tertiary/aromatic N) is 2. The minimum Gasteiger partial charge on any atom is -0.313 e. The number of aromatic nitrogens is 2.